The molecule has 0 aromatic rings. The van der Waals surface area contributed by atoms with Gasteiger partial charge in [-0.3, -0.25) is 0 Å². The molecule has 0 aliphatic heterocycles. The van der Waals surface area contributed by atoms with Gasteiger partial charge >= 0.3 is 0 Å². The van der Waals surface area contributed by atoms with Crippen LogP contribution in [0.3, 0.4) is 0 Å². The third-order valence-corrected chi connectivity index (χ3v) is 4.71. The molecule has 2 fully saturated rings. The number of rotatable bonds is 0. The van der Waals surface area contributed by atoms with Crippen molar-refractivity contribution in [2.45, 2.75) is 46.5 Å². The Balaban J connectivity index is 2.19. The van der Waals surface area contributed by atoms with Crippen LogP contribution < -0.4 is 0 Å². The maximum absolute atomic E-state index is 2.47. The third-order valence-electron chi connectivity index (χ3n) is 4.71. The maximum atomic E-state index is 2.47. The van der Waals surface area contributed by atoms with E-state index in [4.69, 9.17) is 0 Å². The Morgan fingerprint density at radius 2 is 1.64 bits per heavy atom. The molecule has 0 heterocycles. The second-order valence-electron chi connectivity index (χ2n) is 4.94. The minimum absolute atomic E-state index is 0.792. The number of hydrogen-bond donors (Lipinski definition) is 0. The Bertz CT molecular complexity index is 151. The molecule has 3 unspecified atom stereocenters. The SMILES string of the molecule is CC1CCCC12C(C)CC2C. The lowest BCUT2D eigenvalue weighted by molar-refractivity contribution is -0.0612. The van der Waals surface area contributed by atoms with Gasteiger partial charge in [-0.05, 0) is 36.0 Å². The summed E-state index contributed by atoms with van der Waals surface area (Å²) in [5.74, 6) is 3.06. The van der Waals surface area contributed by atoms with E-state index in [-0.39, 0.29) is 0 Å². The zero-order valence-corrected chi connectivity index (χ0v) is 8.06. The molecule has 0 heteroatoms. The summed E-state index contributed by atoms with van der Waals surface area (Å²) in [6.45, 7) is 7.39. The van der Waals surface area contributed by atoms with Gasteiger partial charge in [-0.1, -0.05) is 33.6 Å². The van der Waals surface area contributed by atoms with Crippen LogP contribution in [0.1, 0.15) is 46.5 Å². The summed E-state index contributed by atoms with van der Waals surface area (Å²) in [5, 5.41) is 0. The molecule has 0 aromatic carbocycles. The standard InChI is InChI=1S/C11H20/c1-8-5-4-6-11(8)9(2)7-10(11)3/h8-10H,4-7H2,1-3H3. The monoisotopic (exact) mass is 152 g/mol. The van der Waals surface area contributed by atoms with Gasteiger partial charge in [0.1, 0.15) is 0 Å². The van der Waals surface area contributed by atoms with E-state index in [0.717, 1.165) is 23.2 Å². The van der Waals surface area contributed by atoms with Gasteiger partial charge in [0.25, 0.3) is 0 Å². The zero-order valence-electron chi connectivity index (χ0n) is 8.06. The van der Waals surface area contributed by atoms with Crippen molar-refractivity contribution >= 4 is 0 Å². The first kappa shape index (κ1) is 7.64. The van der Waals surface area contributed by atoms with E-state index >= 15 is 0 Å². The van der Waals surface area contributed by atoms with Crippen molar-refractivity contribution in [3.8, 4) is 0 Å². The van der Waals surface area contributed by atoms with E-state index in [9.17, 15) is 0 Å². The molecule has 0 N–H and O–H groups in total. The molecule has 2 aliphatic carbocycles. The van der Waals surface area contributed by atoms with Crippen molar-refractivity contribution in [1.82, 2.24) is 0 Å². The zero-order chi connectivity index (χ0) is 8.06. The fraction of sp³-hybridized carbons (Fsp3) is 1.00. The van der Waals surface area contributed by atoms with Crippen LogP contribution in [0.2, 0.25) is 0 Å². The first-order valence-corrected chi connectivity index (χ1v) is 5.18. The Labute approximate surface area is 70.4 Å². The molecule has 0 nitrogen and oxygen atoms in total. The third kappa shape index (κ3) is 0.761. The molecule has 3 atom stereocenters. The van der Waals surface area contributed by atoms with Crippen molar-refractivity contribution < 1.29 is 0 Å². The van der Waals surface area contributed by atoms with Crippen LogP contribution >= 0.6 is 0 Å². The Morgan fingerprint density at radius 1 is 1.00 bits per heavy atom. The van der Waals surface area contributed by atoms with E-state index in [1.54, 1.807) is 0 Å². The highest BCUT2D eigenvalue weighted by Gasteiger charge is 2.54. The van der Waals surface area contributed by atoms with Crippen molar-refractivity contribution in [2.24, 2.45) is 23.2 Å². The molecule has 2 rings (SSSR count). The second kappa shape index (κ2) is 2.24. The molecule has 2 saturated carbocycles. The predicted molar refractivity (Wildman–Crippen MR) is 48.4 cm³/mol. The molecule has 11 heavy (non-hydrogen) atoms. The van der Waals surface area contributed by atoms with Crippen LogP contribution in [0.15, 0.2) is 0 Å². The largest absolute Gasteiger partial charge is 0.0620 e. The minimum atomic E-state index is 0.792. The van der Waals surface area contributed by atoms with Gasteiger partial charge in [0.2, 0.25) is 0 Å². The maximum Gasteiger partial charge on any atom is -0.0220 e. The van der Waals surface area contributed by atoms with Crippen LogP contribution in [0.5, 0.6) is 0 Å². The fourth-order valence-electron chi connectivity index (χ4n) is 3.99. The summed E-state index contributed by atoms with van der Waals surface area (Å²) >= 11 is 0. The Morgan fingerprint density at radius 3 is 1.91 bits per heavy atom. The van der Waals surface area contributed by atoms with Crippen LogP contribution in [-0.2, 0) is 0 Å². The molecular formula is C11H20. The molecular weight excluding hydrogens is 132 g/mol. The molecule has 1 spiro atoms. The van der Waals surface area contributed by atoms with Crippen molar-refractivity contribution in [3.63, 3.8) is 0 Å². The molecule has 0 saturated heterocycles. The lowest BCUT2D eigenvalue weighted by Gasteiger charge is -2.55. The smallest absolute Gasteiger partial charge is 0.0220 e. The molecule has 0 bridgehead atoms. The Kier molecular flexibility index (Phi) is 1.56. The summed E-state index contributed by atoms with van der Waals surface area (Å²) in [6.07, 6.45) is 6.01. The second-order valence-corrected chi connectivity index (χ2v) is 4.94. The summed E-state index contributed by atoms with van der Waals surface area (Å²) in [6, 6.07) is 0. The lowest BCUT2D eigenvalue weighted by atomic mass is 9.50. The van der Waals surface area contributed by atoms with E-state index in [0.29, 0.717) is 0 Å². The highest BCUT2D eigenvalue weighted by molar-refractivity contribution is 5.04. The average molecular weight is 152 g/mol. The molecule has 0 amide bonds. The van der Waals surface area contributed by atoms with Crippen LogP contribution in [-0.4, -0.2) is 0 Å². The van der Waals surface area contributed by atoms with Gasteiger partial charge in [0, 0.05) is 0 Å². The average Bonchev–Trinajstić information content (AvgIpc) is 2.34. The van der Waals surface area contributed by atoms with Crippen molar-refractivity contribution in [1.29, 1.82) is 0 Å². The van der Waals surface area contributed by atoms with Gasteiger partial charge in [-0.2, -0.15) is 0 Å². The van der Waals surface area contributed by atoms with Gasteiger partial charge in [-0.15, -0.1) is 0 Å². The van der Waals surface area contributed by atoms with E-state index in [1.165, 1.54) is 25.7 Å². The molecule has 0 radical (unpaired) electrons. The summed E-state index contributed by atoms with van der Waals surface area (Å²) in [4.78, 5) is 0. The first-order chi connectivity index (χ1) is 5.18. The molecule has 2 aliphatic rings. The number of hydrogen-bond acceptors (Lipinski definition) is 0. The van der Waals surface area contributed by atoms with E-state index < -0.39 is 0 Å². The first-order valence-electron chi connectivity index (χ1n) is 5.18. The van der Waals surface area contributed by atoms with Gasteiger partial charge in [0.05, 0.1) is 0 Å². The van der Waals surface area contributed by atoms with Gasteiger partial charge in [0.15, 0.2) is 0 Å². The van der Waals surface area contributed by atoms with Gasteiger partial charge < -0.3 is 0 Å². The van der Waals surface area contributed by atoms with Crippen LogP contribution in [0.25, 0.3) is 0 Å². The summed E-state index contributed by atoms with van der Waals surface area (Å²) < 4.78 is 0. The predicted octanol–water partition coefficient (Wildman–Crippen LogP) is 3.47. The van der Waals surface area contributed by atoms with Gasteiger partial charge in [-0.25, -0.2) is 0 Å². The highest BCUT2D eigenvalue weighted by Crippen LogP contribution is 2.63. The van der Waals surface area contributed by atoms with E-state index in [1.807, 2.05) is 0 Å². The summed E-state index contributed by atoms with van der Waals surface area (Å²) in [5.41, 5.74) is 0.792. The van der Waals surface area contributed by atoms with Crippen molar-refractivity contribution in [2.75, 3.05) is 0 Å². The quantitative estimate of drug-likeness (QED) is 0.498. The van der Waals surface area contributed by atoms with E-state index in [2.05, 4.69) is 20.8 Å². The summed E-state index contributed by atoms with van der Waals surface area (Å²) in [7, 11) is 0. The lowest BCUT2D eigenvalue weighted by Crippen LogP contribution is -2.48. The Hall–Kier alpha value is 0. The fourth-order valence-corrected chi connectivity index (χ4v) is 3.99. The molecule has 64 valence electrons. The van der Waals surface area contributed by atoms with Crippen LogP contribution in [0, 0.1) is 23.2 Å². The topological polar surface area (TPSA) is 0 Å². The van der Waals surface area contributed by atoms with Crippen molar-refractivity contribution in [3.05, 3.63) is 0 Å². The minimum Gasteiger partial charge on any atom is -0.0620 e. The van der Waals surface area contributed by atoms with Crippen LogP contribution in [0.4, 0.5) is 0 Å². The molecule has 0 aromatic heterocycles. The normalized spacial score (nSPS) is 56.5. The highest BCUT2D eigenvalue weighted by atomic mass is 14.6.